The van der Waals surface area contributed by atoms with Gasteiger partial charge in [0.2, 0.25) is 0 Å². The van der Waals surface area contributed by atoms with Crippen LogP contribution in [0.15, 0.2) is 45.6 Å². The molecule has 1 saturated heterocycles. The van der Waals surface area contributed by atoms with Gasteiger partial charge in [0.15, 0.2) is 0 Å². The summed E-state index contributed by atoms with van der Waals surface area (Å²) in [5.74, 6) is 2.09. The van der Waals surface area contributed by atoms with E-state index in [4.69, 9.17) is 14.2 Å². The van der Waals surface area contributed by atoms with Crippen molar-refractivity contribution in [2.24, 2.45) is 71.0 Å². The van der Waals surface area contributed by atoms with Gasteiger partial charge >= 0.3 is 35.8 Å². The number of fused-ring (bicyclic) bond motifs is 9. The monoisotopic (exact) mass is 708 g/mol. The van der Waals surface area contributed by atoms with Crippen LogP contribution in [-0.4, -0.2) is 35.8 Å². The molecule has 12 unspecified atom stereocenters. The highest BCUT2D eigenvalue weighted by atomic mass is 16.6. The Morgan fingerprint density at radius 3 is 1.29 bits per heavy atom. The van der Waals surface area contributed by atoms with Gasteiger partial charge in [-0.05, 0) is 118 Å². The Kier molecular flexibility index (Phi) is 7.91. The predicted molar refractivity (Wildman–Crippen MR) is 184 cm³/mol. The lowest BCUT2D eigenvalue weighted by Crippen LogP contribution is -2.41. The molecule has 0 spiro atoms. The van der Waals surface area contributed by atoms with E-state index in [2.05, 4.69) is 12.2 Å². The molecule has 3 aliphatic heterocycles. The first kappa shape index (κ1) is 33.0. The van der Waals surface area contributed by atoms with Crippen molar-refractivity contribution in [2.45, 2.75) is 109 Å². The van der Waals surface area contributed by atoms with Gasteiger partial charge < -0.3 is 14.2 Å². The highest BCUT2D eigenvalue weighted by Gasteiger charge is 2.66. The first-order valence-electron chi connectivity index (χ1n) is 20.5. The van der Waals surface area contributed by atoms with Crippen molar-refractivity contribution in [1.29, 1.82) is 0 Å². The van der Waals surface area contributed by atoms with Gasteiger partial charge in [-0.2, -0.15) is 0 Å². The molecule has 6 saturated carbocycles. The maximum atomic E-state index is 12.0. The number of carbonyl (C=O) groups excluding carboxylic acids is 6. The molecule has 52 heavy (non-hydrogen) atoms. The lowest BCUT2D eigenvalue weighted by atomic mass is 9.56. The zero-order chi connectivity index (χ0) is 35.4. The summed E-state index contributed by atoms with van der Waals surface area (Å²) in [5.41, 5.74) is 6.02. The highest BCUT2D eigenvalue weighted by Crippen LogP contribution is 2.65. The van der Waals surface area contributed by atoms with E-state index in [1.807, 2.05) is 0 Å². The van der Waals surface area contributed by atoms with Gasteiger partial charge in [0, 0.05) is 11.8 Å². The van der Waals surface area contributed by atoms with Crippen LogP contribution in [0.1, 0.15) is 109 Å². The Morgan fingerprint density at radius 1 is 0.423 bits per heavy atom. The zero-order valence-electron chi connectivity index (χ0n) is 29.8. The van der Waals surface area contributed by atoms with Crippen LogP contribution in [-0.2, 0) is 43.0 Å². The van der Waals surface area contributed by atoms with E-state index in [1.54, 1.807) is 0 Å². The summed E-state index contributed by atoms with van der Waals surface area (Å²) in [5, 5.41) is 0. The fourth-order valence-corrected chi connectivity index (χ4v) is 13.4. The van der Waals surface area contributed by atoms with E-state index in [0.717, 1.165) is 73.7 Å². The predicted octanol–water partition coefficient (Wildman–Crippen LogP) is 6.80. The summed E-state index contributed by atoms with van der Waals surface area (Å²) in [7, 11) is 0. The van der Waals surface area contributed by atoms with Crippen molar-refractivity contribution in [2.75, 3.05) is 0 Å². The fourth-order valence-electron chi connectivity index (χ4n) is 13.4. The normalized spacial score (nSPS) is 42.8. The number of cyclic esters (lactones) is 6. The quantitative estimate of drug-likeness (QED) is 0.115. The van der Waals surface area contributed by atoms with Crippen molar-refractivity contribution < 1.29 is 43.0 Å². The number of hydrogen-bond donors (Lipinski definition) is 0. The van der Waals surface area contributed by atoms with Gasteiger partial charge in [0.05, 0.1) is 34.1 Å². The average Bonchev–Trinajstić information content (AvgIpc) is 3.77. The van der Waals surface area contributed by atoms with Crippen molar-refractivity contribution in [3.05, 3.63) is 45.6 Å². The summed E-state index contributed by atoms with van der Waals surface area (Å²) >= 11 is 0. The second kappa shape index (κ2) is 12.5. The average molecular weight is 709 g/mol. The lowest BCUT2D eigenvalue weighted by Gasteiger charge is -2.46. The van der Waals surface area contributed by atoms with Gasteiger partial charge in [-0.25, -0.2) is 19.2 Å². The van der Waals surface area contributed by atoms with Crippen molar-refractivity contribution in [1.82, 2.24) is 0 Å². The van der Waals surface area contributed by atoms with Crippen LogP contribution in [0, 0.1) is 71.0 Å². The van der Waals surface area contributed by atoms with Crippen molar-refractivity contribution in [3.63, 3.8) is 0 Å². The Morgan fingerprint density at radius 2 is 0.827 bits per heavy atom. The van der Waals surface area contributed by atoms with Crippen molar-refractivity contribution >= 4 is 35.8 Å². The Labute approximate surface area is 304 Å². The number of rotatable bonds is 0. The second-order valence-corrected chi connectivity index (χ2v) is 17.7. The summed E-state index contributed by atoms with van der Waals surface area (Å²) in [4.78, 5) is 71.1. The first-order chi connectivity index (χ1) is 25.3. The van der Waals surface area contributed by atoms with Gasteiger partial charge in [-0.3, -0.25) is 9.59 Å². The summed E-state index contributed by atoms with van der Waals surface area (Å²) < 4.78 is 14.6. The molecule has 0 N–H and O–H groups in total. The molecule has 0 amide bonds. The van der Waals surface area contributed by atoms with Crippen LogP contribution in [0.5, 0.6) is 0 Å². The minimum Gasteiger partial charge on any atom is -0.393 e. The Hall–Kier alpha value is -3.62. The van der Waals surface area contributed by atoms with Gasteiger partial charge in [-0.15, -0.1) is 0 Å². The largest absolute Gasteiger partial charge is 0.393 e. The van der Waals surface area contributed by atoms with Crippen LogP contribution < -0.4 is 0 Å². The maximum Gasteiger partial charge on any atom is 0.343 e. The molecule has 12 atom stereocenters. The minimum atomic E-state index is -0.353. The Balaban J connectivity index is 0.0000000987. The summed E-state index contributed by atoms with van der Waals surface area (Å²) in [6.45, 7) is 0. The Bertz CT molecular complexity index is 1650. The third kappa shape index (κ3) is 4.92. The van der Waals surface area contributed by atoms with Gasteiger partial charge in [0.1, 0.15) is 0 Å². The second-order valence-electron chi connectivity index (χ2n) is 17.7. The molecule has 9 heteroatoms. The molecule has 7 fully saturated rings. The van der Waals surface area contributed by atoms with Crippen molar-refractivity contribution in [3.8, 4) is 0 Å². The smallest absolute Gasteiger partial charge is 0.343 e. The molecule has 13 rings (SSSR count). The third-order valence-electron chi connectivity index (χ3n) is 15.5. The van der Waals surface area contributed by atoms with Crippen LogP contribution in [0.3, 0.4) is 0 Å². The molecule has 9 nitrogen and oxygen atoms in total. The van der Waals surface area contributed by atoms with E-state index < -0.39 is 0 Å². The molecule has 0 radical (unpaired) electrons. The molecule has 3 heterocycles. The van der Waals surface area contributed by atoms with Crippen LogP contribution in [0.2, 0.25) is 0 Å². The molecular weight excluding hydrogens is 660 g/mol. The van der Waals surface area contributed by atoms with E-state index >= 15 is 0 Å². The van der Waals surface area contributed by atoms with Crippen LogP contribution in [0.25, 0.3) is 0 Å². The molecule has 274 valence electrons. The van der Waals surface area contributed by atoms with E-state index in [-0.39, 0.29) is 59.5 Å². The minimum absolute atomic E-state index is 0.138. The third-order valence-corrected chi connectivity index (χ3v) is 15.5. The van der Waals surface area contributed by atoms with Gasteiger partial charge in [0.25, 0.3) is 0 Å². The number of hydrogen-bond acceptors (Lipinski definition) is 9. The standard InChI is InChI=1S/C16H20O3.C16H18O3.C11H10O3/c2*17-15-13-11-7-3-1-5-9(11)10-6-2-4-8-12(10)14(13)16(18)19-15;12-10-8-4-1-2-5(7-3-6(4)7)9(8)11(13)14-10/h9-12H,1-8H2;11-12H,1-8H2;1-2,4-9H,3H2. The SMILES string of the molecule is O=C1OC(=O)C2=C1C1CCCCC1=C1CCCCC12.O=C1OC(=O)C2=C1C1CCCCC1C1CCCCC21.O=C1OC(=O)C2C3C=CC(C4CC34)C12. The van der Waals surface area contributed by atoms with Crippen LogP contribution in [0.4, 0.5) is 0 Å². The fraction of sp³-hybridized carbons (Fsp3) is 0.674. The number of ether oxygens (including phenoxy) is 3. The zero-order valence-corrected chi connectivity index (χ0v) is 29.8. The number of carbonyl (C=O) groups is 6. The first-order valence-corrected chi connectivity index (χ1v) is 20.5. The molecule has 10 aliphatic carbocycles. The van der Waals surface area contributed by atoms with Gasteiger partial charge in [-0.1, -0.05) is 61.8 Å². The van der Waals surface area contributed by atoms with E-state index in [0.29, 0.717) is 47.3 Å². The molecule has 13 aliphatic rings. The topological polar surface area (TPSA) is 130 Å². The highest BCUT2D eigenvalue weighted by molar-refractivity contribution is 6.14. The molecule has 2 bridgehead atoms. The van der Waals surface area contributed by atoms with E-state index in [9.17, 15) is 28.8 Å². The summed E-state index contributed by atoms with van der Waals surface area (Å²) in [6, 6.07) is 0. The van der Waals surface area contributed by atoms with E-state index in [1.165, 1.54) is 68.9 Å². The van der Waals surface area contributed by atoms with Crippen LogP contribution >= 0.6 is 0 Å². The molecule has 0 aromatic rings. The number of esters is 6. The molecule has 0 aromatic carbocycles. The lowest BCUT2D eigenvalue weighted by molar-refractivity contribution is -0.155. The molecular formula is C43H48O9. The number of allylic oxidation sites excluding steroid dienone is 4. The maximum absolute atomic E-state index is 12.0. The molecule has 0 aromatic heterocycles. The summed E-state index contributed by atoms with van der Waals surface area (Å²) in [6.07, 6.45) is 24.1.